The lowest BCUT2D eigenvalue weighted by atomic mass is 10.2. The van der Waals surface area contributed by atoms with Gasteiger partial charge in [0.1, 0.15) is 0 Å². The van der Waals surface area contributed by atoms with Crippen LogP contribution in [0.15, 0.2) is 36.1 Å². The molecule has 3 N–H and O–H groups in total. The number of thiazole rings is 1. The number of aromatic nitrogens is 2. The molecule has 1 aromatic carbocycles. The zero-order valence-corrected chi connectivity index (χ0v) is 10.8. The predicted molar refractivity (Wildman–Crippen MR) is 76.6 cm³/mol. The van der Waals surface area contributed by atoms with Gasteiger partial charge in [0.25, 0.3) is 0 Å². The van der Waals surface area contributed by atoms with Crippen LogP contribution in [-0.4, -0.2) is 9.97 Å². The van der Waals surface area contributed by atoms with Crippen LogP contribution < -0.4 is 11.1 Å². The van der Waals surface area contributed by atoms with Crippen molar-refractivity contribution in [2.45, 2.75) is 0 Å². The summed E-state index contributed by atoms with van der Waals surface area (Å²) in [7, 11) is 0. The third-order valence-electron chi connectivity index (χ3n) is 2.53. The van der Waals surface area contributed by atoms with E-state index in [2.05, 4.69) is 15.3 Å². The van der Waals surface area contributed by atoms with Crippen LogP contribution in [0.2, 0.25) is 5.02 Å². The first-order valence-electron chi connectivity index (χ1n) is 5.23. The summed E-state index contributed by atoms with van der Waals surface area (Å²) in [5, 5.41) is 3.70. The molecule has 6 heteroatoms. The van der Waals surface area contributed by atoms with Crippen LogP contribution >= 0.6 is 22.9 Å². The summed E-state index contributed by atoms with van der Waals surface area (Å²) in [5.74, 6) is 0. The molecular formula is C12H9ClN4S. The fourth-order valence-electron chi connectivity index (χ4n) is 1.66. The molecule has 0 saturated carbocycles. The molecule has 18 heavy (non-hydrogen) atoms. The van der Waals surface area contributed by atoms with Gasteiger partial charge in [-0.25, -0.2) is 4.98 Å². The molecular weight excluding hydrogens is 268 g/mol. The van der Waals surface area contributed by atoms with Crippen LogP contribution in [0, 0.1) is 0 Å². The second-order valence-electron chi connectivity index (χ2n) is 3.75. The molecule has 0 amide bonds. The number of benzene rings is 1. The lowest BCUT2D eigenvalue weighted by Crippen LogP contribution is -1.97. The zero-order valence-electron chi connectivity index (χ0n) is 9.22. The Labute approximate surface area is 112 Å². The van der Waals surface area contributed by atoms with E-state index in [1.807, 2.05) is 23.7 Å². The van der Waals surface area contributed by atoms with Gasteiger partial charge in [0.15, 0.2) is 0 Å². The highest BCUT2D eigenvalue weighted by Crippen LogP contribution is 2.31. The van der Waals surface area contributed by atoms with E-state index in [0.717, 1.165) is 15.9 Å². The molecule has 0 aliphatic carbocycles. The zero-order chi connectivity index (χ0) is 12.5. The topological polar surface area (TPSA) is 63.8 Å². The van der Waals surface area contributed by atoms with Gasteiger partial charge >= 0.3 is 0 Å². The number of nitrogens with zero attached hydrogens (tertiary/aromatic N) is 2. The van der Waals surface area contributed by atoms with Gasteiger partial charge in [0.2, 0.25) is 0 Å². The van der Waals surface area contributed by atoms with Crippen LogP contribution in [0.25, 0.3) is 10.2 Å². The lowest BCUT2D eigenvalue weighted by molar-refractivity contribution is 1.33. The van der Waals surface area contributed by atoms with E-state index in [-0.39, 0.29) is 0 Å². The minimum atomic E-state index is 0.499. The average molecular weight is 277 g/mol. The maximum Gasteiger partial charge on any atom is 0.0845 e. The summed E-state index contributed by atoms with van der Waals surface area (Å²) in [6, 6.07) is 5.92. The Balaban J connectivity index is 2.00. The van der Waals surface area contributed by atoms with Crippen molar-refractivity contribution in [2.24, 2.45) is 0 Å². The van der Waals surface area contributed by atoms with Crippen molar-refractivity contribution in [1.29, 1.82) is 0 Å². The quantitative estimate of drug-likeness (QED) is 0.749. The number of hydrogen-bond acceptors (Lipinski definition) is 5. The number of pyridine rings is 1. The summed E-state index contributed by atoms with van der Waals surface area (Å²) in [6.45, 7) is 0. The fraction of sp³-hybridized carbons (Fsp3) is 0. The Morgan fingerprint density at radius 3 is 3.00 bits per heavy atom. The molecule has 0 spiro atoms. The highest BCUT2D eigenvalue weighted by molar-refractivity contribution is 7.16. The van der Waals surface area contributed by atoms with E-state index in [1.54, 1.807) is 23.7 Å². The van der Waals surface area contributed by atoms with E-state index in [4.69, 9.17) is 17.3 Å². The number of nitrogen functional groups attached to an aromatic ring is 1. The lowest BCUT2D eigenvalue weighted by Gasteiger charge is -2.10. The third-order valence-corrected chi connectivity index (χ3v) is 3.61. The molecule has 0 aliphatic rings. The molecule has 0 radical (unpaired) electrons. The molecule has 0 aliphatic heterocycles. The molecule has 0 saturated heterocycles. The molecule has 0 unspecified atom stereocenters. The number of nitrogens with two attached hydrogens (primary N) is 1. The number of anilines is 3. The summed E-state index contributed by atoms with van der Waals surface area (Å²) >= 11 is 7.65. The maximum absolute atomic E-state index is 6.06. The van der Waals surface area contributed by atoms with Gasteiger partial charge in [-0.3, -0.25) is 4.98 Å². The van der Waals surface area contributed by atoms with Crippen molar-refractivity contribution in [2.75, 3.05) is 11.1 Å². The highest BCUT2D eigenvalue weighted by atomic mass is 35.5. The third kappa shape index (κ3) is 1.98. The van der Waals surface area contributed by atoms with E-state index < -0.39 is 0 Å². The normalized spacial score (nSPS) is 10.7. The van der Waals surface area contributed by atoms with Crippen molar-refractivity contribution in [1.82, 2.24) is 9.97 Å². The first-order chi connectivity index (χ1) is 8.74. The Hall–Kier alpha value is -1.85. The summed E-state index contributed by atoms with van der Waals surface area (Å²) in [4.78, 5) is 8.15. The Bertz CT molecular complexity index is 690. The van der Waals surface area contributed by atoms with Gasteiger partial charge < -0.3 is 11.1 Å². The van der Waals surface area contributed by atoms with Gasteiger partial charge in [-0.2, -0.15) is 0 Å². The number of halogens is 1. The Morgan fingerprint density at radius 1 is 1.28 bits per heavy atom. The van der Waals surface area contributed by atoms with Crippen LogP contribution in [0.4, 0.5) is 17.1 Å². The van der Waals surface area contributed by atoms with E-state index in [0.29, 0.717) is 16.4 Å². The molecule has 0 fully saturated rings. The van der Waals surface area contributed by atoms with Crippen LogP contribution in [0.3, 0.4) is 0 Å². The fourth-order valence-corrected chi connectivity index (χ4v) is 2.59. The van der Waals surface area contributed by atoms with Crippen molar-refractivity contribution < 1.29 is 0 Å². The molecule has 3 aromatic rings. The minimum absolute atomic E-state index is 0.499. The van der Waals surface area contributed by atoms with Gasteiger partial charge in [-0.15, -0.1) is 11.3 Å². The smallest absolute Gasteiger partial charge is 0.0845 e. The average Bonchev–Trinajstić information content (AvgIpc) is 2.81. The van der Waals surface area contributed by atoms with Crippen LogP contribution in [0.1, 0.15) is 0 Å². The van der Waals surface area contributed by atoms with Crippen LogP contribution in [0.5, 0.6) is 0 Å². The van der Waals surface area contributed by atoms with E-state index in [1.165, 1.54) is 0 Å². The Kier molecular flexibility index (Phi) is 2.77. The first kappa shape index (κ1) is 11.3. The summed E-state index contributed by atoms with van der Waals surface area (Å²) < 4.78 is 1.11. The Morgan fingerprint density at radius 2 is 2.17 bits per heavy atom. The van der Waals surface area contributed by atoms with Crippen molar-refractivity contribution in [3.05, 3.63) is 41.1 Å². The molecule has 2 aromatic heterocycles. The molecule has 90 valence electrons. The predicted octanol–water partition coefficient (Wildman–Crippen LogP) is 3.67. The highest BCUT2D eigenvalue weighted by Gasteiger charge is 2.06. The molecule has 4 nitrogen and oxygen atoms in total. The van der Waals surface area contributed by atoms with Gasteiger partial charge in [0, 0.05) is 11.9 Å². The summed E-state index contributed by atoms with van der Waals surface area (Å²) in [5.41, 5.74) is 10.8. The van der Waals surface area contributed by atoms with Crippen LogP contribution in [-0.2, 0) is 0 Å². The number of fused-ring (bicyclic) bond motifs is 1. The van der Waals surface area contributed by atoms with Crippen molar-refractivity contribution >= 4 is 50.2 Å². The van der Waals surface area contributed by atoms with Crippen molar-refractivity contribution in [3.63, 3.8) is 0 Å². The monoisotopic (exact) mass is 276 g/mol. The van der Waals surface area contributed by atoms with Gasteiger partial charge in [0.05, 0.1) is 38.3 Å². The molecule has 2 heterocycles. The molecule has 3 rings (SSSR count). The number of nitrogens with one attached hydrogen (secondary N) is 1. The van der Waals surface area contributed by atoms with E-state index >= 15 is 0 Å². The second kappa shape index (κ2) is 4.44. The summed E-state index contributed by atoms with van der Waals surface area (Å²) in [6.07, 6.45) is 3.13. The number of hydrogen-bond donors (Lipinski definition) is 2. The number of rotatable bonds is 2. The first-order valence-corrected chi connectivity index (χ1v) is 6.49. The maximum atomic E-state index is 6.06. The van der Waals surface area contributed by atoms with E-state index in [9.17, 15) is 0 Å². The SMILES string of the molecule is Nc1cncc(Cl)c1Nc1ccc2ncsc2c1. The molecule has 0 bridgehead atoms. The standard InChI is InChI=1S/C12H9ClN4S/c13-8-4-15-5-9(14)12(8)17-7-1-2-10-11(3-7)18-6-16-10/h1-6H,14H2,(H,15,17). The van der Waals surface area contributed by atoms with Gasteiger partial charge in [-0.1, -0.05) is 11.6 Å². The largest absolute Gasteiger partial charge is 0.396 e. The van der Waals surface area contributed by atoms with Gasteiger partial charge in [-0.05, 0) is 18.2 Å². The molecule has 0 atom stereocenters. The minimum Gasteiger partial charge on any atom is -0.396 e. The second-order valence-corrected chi connectivity index (χ2v) is 5.04. The van der Waals surface area contributed by atoms with Crippen molar-refractivity contribution in [3.8, 4) is 0 Å².